The third-order valence-corrected chi connectivity index (χ3v) is 2.48. The molecule has 0 atom stereocenters. The lowest BCUT2D eigenvalue weighted by Gasteiger charge is -2.59. The SMILES string of the molecule is CC(=O)ON1CC(C)(C)N([O-])C(C)(C)C1. The second-order valence-electron chi connectivity index (χ2n) is 5.30. The molecule has 0 aromatic heterocycles. The van der Waals surface area contributed by atoms with Crippen molar-refractivity contribution in [3.63, 3.8) is 0 Å². The lowest BCUT2D eigenvalue weighted by atomic mass is 9.92. The van der Waals surface area contributed by atoms with E-state index in [0.29, 0.717) is 13.1 Å². The predicted molar refractivity (Wildman–Crippen MR) is 56.7 cm³/mol. The van der Waals surface area contributed by atoms with Crippen molar-refractivity contribution in [2.24, 2.45) is 0 Å². The van der Waals surface area contributed by atoms with Gasteiger partial charge in [-0.3, -0.25) is 4.79 Å². The summed E-state index contributed by atoms with van der Waals surface area (Å²) in [5.74, 6) is -0.346. The Balaban J connectivity index is 2.79. The normalized spacial score (nSPS) is 26.3. The third kappa shape index (κ3) is 2.68. The second-order valence-corrected chi connectivity index (χ2v) is 5.30. The van der Waals surface area contributed by atoms with Gasteiger partial charge in [-0.15, -0.1) is 5.06 Å². The highest BCUT2D eigenvalue weighted by Crippen LogP contribution is 2.30. The van der Waals surface area contributed by atoms with Crippen LogP contribution in [0.25, 0.3) is 0 Å². The first kappa shape index (κ1) is 12.4. The topological polar surface area (TPSA) is 55.8 Å². The molecule has 1 heterocycles. The third-order valence-electron chi connectivity index (χ3n) is 2.48. The zero-order valence-electron chi connectivity index (χ0n) is 10.0. The van der Waals surface area contributed by atoms with Gasteiger partial charge in [-0.25, -0.2) is 0 Å². The minimum atomic E-state index is -0.544. The number of rotatable bonds is 1. The molecule has 0 aromatic rings. The van der Waals surface area contributed by atoms with Crippen LogP contribution in [0, 0.1) is 5.21 Å². The molecule has 15 heavy (non-hydrogen) atoms. The largest absolute Gasteiger partial charge is 0.784 e. The molecule has 1 aliphatic rings. The molecule has 0 spiro atoms. The summed E-state index contributed by atoms with van der Waals surface area (Å²) < 4.78 is 0. The molecule has 0 radical (unpaired) electrons. The van der Waals surface area contributed by atoms with Gasteiger partial charge in [0.05, 0.1) is 13.1 Å². The van der Waals surface area contributed by atoms with Crippen LogP contribution < -0.4 is 0 Å². The Hall–Kier alpha value is -0.650. The van der Waals surface area contributed by atoms with E-state index in [4.69, 9.17) is 4.84 Å². The van der Waals surface area contributed by atoms with E-state index in [9.17, 15) is 10.0 Å². The Morgan fingerprint density at radius 3 is 1.93 bits per heavy atom. The molecular formula is C10H19N2O3-. The summed E-state index contributed by atoms with van der Waals surface area (Å²) >= 11 is 0. The molecule has 88 valence electrons. The number of hydroxylamine groups is 4. The number of piperazine rings is 1. The highest BCUT2D eigenvalue weighted by Gasteiger charge is 2.40. The first-order chi connectivity index (χ1) is 6.65. The summed E-state index contributed by atoms with van der Waals surface area (Å²) in [6.45, 7) is 9.60. The number of nitrogens with zero attached hydrogens (tertiary/aromatic N) is 2. The predicted octanol–water partition coefficient (Wildman–Crippen LogP) is 1.14. The quantitative estimate of drug-likeness (QED) is 0.656. The van der Waals surface area contributed by atoms with Crippen molar-refractivity contribution >= 4 is 5.97 Å². The van der Waals surface area contributed by atoms with E-state index in [1.807, 2.05) is 27.7 Å². The van der Waals surface area contributed by atoms with Crippen molar-refractivity contribution in [1.82, 2.24) is 10.1 Å². The van der Waals surface area contributed by atoms with E-state index in [2.05, 4.69) is 0 Å². The van der Waals surface area contributed by atoms with Crippen LogP contribution in [0.15, 0.2) is 0 Å². The number of carbonyl (C=O) groups excluding carboxylic acids is 1. The van der Waals surface area contributed by atoms with Crippen molar-refractivity contribution in [3.8, 4) is 0 Å². The van der Waals surface area contributed by atoms with Gasteiger partial charge < -0.3 is 15.1 Å². The standard InChI is InChI=1S/C10H19N2O3/c1-8(13)15-11-6-9(2,3)12(14)10(4,5)7-11/h6-7H2,1-5H3/q-1. The minimum absolute atomic E-state index is 0.346. The minimum Gasteiger partial charge on any atom is -0.784 e. The summed E-state index contributed by atoms with van der Waals surface area (Å²) in [6.07, 6.45) is 0. The fraction of sp³-hybridized carbons (Fsp3) is 0.900. The van der Waals surface area contributed by atoms with Gasteiger partial charge >= 0.3 is 5.97 Å². The van der Waals surface area contributed by atoms with Crippen LogP contribution in [0.3, 0.4) is 0 Å². The summed E-state index contributed by atoms with van der Waals surface area (Å²) in [5.41, 5.74) is -1.09. The molecule has 1 aliphatic heterocycles. The molecular weight excluding hydrogens is 196 g/mol. The molecule has 1 fully saturated rings. The number of carbonyl (C=O) groups is 1. The van der Waals surface area contributed by atoms with Crippen molar-refractivity contribution < 1.29 is 9.63 Å². The van der Waals surface area contributed by atoms with Crippen LogP contribution in [0.2, 0.25) is 0 Å². The highest BCUT2D eigenvalue weighted by atomic mass is 16.7. The van der Waals surface area contributed by atoms with Gasteiger partial charge in [0.15, 0.2) is 0 Å². The molecule has 0 N–H and O–H groups in total. The van der Waals surface area contributed by atoms with Crippen LogP contribution in [-0.4, -0.2) is 40.3 Å². The average Bonchev–Trinajstić information content (AvgIpc) is 1.97. The molecule has 0 bridgehead atoms. The molecule has 0 amide bonds. The highest BCUT2D eigenvalue weighted by molar-refractivity contribution is 5.65. The monoisotopic (exact) mass is 215 g/mol. The van der Waals surface area contributed by atoms with Crippen molar-refractivity contribution in [3.05, 3.63) is 5.21 Å². The second kappa shape index (κ2) is 3.73. The Morgan fingerprint density at radius 2 is 1.60 bits per heavy atom. The summed E-state index contributed by atoms with van der Waals surface area (Å²) in [4.78, 5) is 15.9. The smallest absolute Gasteiger partial charge is 0.322 e. The molecule has 0 aromatic carbocycles. The van der Waals surface area contributed by atoms with Gasteiger partial charge in [-0.05, 0) is 27.7 Å². The molecule has 1 rings (SSSR count). The van der Waals surface area contributed by atoms with Crippen molar-refractivity contribution in [2.45, 2.75) is 45.7 Å². The Kier molecular flexibility index (Phi) is 3.09. The molecule has 0 saturated carbocycles. The lowest BCUT2D eigenvalue weighted by molar-refractivity contribution is -0.219. The average molecular weight is 215 g/mol. The summed E-state index contributed by atoms with van der Waals surface area (Å²) in [7, 11) is 0. The lowest BCUT2D eigenvalue weighted by Crippen LogP contribution is -2.66. The molecule has 5 heteroatoms. The number of hydrogen-bond donors (Lipinski definition) is 0. The molecule has 0 unspecified atom stereocenters. The molecule has 5 nitrogen and oxygen atoms in total. The Morgan fingerprint density at radius 1 is 1.20 bits per heavy atom. The maximum absolute atomic E-state index is 11.9. The zero-order chi connectivity index (χ0) is 11.9. The first-order valence-corrected chi connectivity index (χ1v) is 5.06. The van der Waals surface area contributed by atoms with Crippen molar-refractivity contribution in [1.29, 1.82) is 0 Å². The Bertz CT molecular complexity index is 245. The summed E-state index contributed by atoms with van der Waals surface area (Å²) in [5, 5.41) is 14.6. The Labute approximate surface area is 90.5 Å². The van der Waals surface area contributed by atoms with E-state index >= 15 is 0 Å². The number of hydrogen-bond acceptors (Lipinski definition) is 5. The van der Waals surface area contributed by atoms with Gasteiger partial charge in [0.2, 0.25) is 0 Å². The van der Waals surface area contributed by atoms with E-state index in [-0.39, 0.29) is 5.97 Å². The van der Waals surface area contributed by atoms with Crippen LogP contribution >= 0.6 is 0 Å². The van der Waals surface area contributed by atoms with Gasteiger partial charge in [0.1, 0.15) is 0 Å². The van der Waals surface area contributed by atoms with Crippen molar-refractivity contribution in [2.75, 3.05) is 13.1 Å². The summed E-state index contributed by atoms with van der Waals surface area (Å²) in [6, 6.07) is 0. The first-order valence-electron chi connectivity index (χ1n) is 5.06. The zero-order valence-corrected chi connectivity index (χ0v) is 10.0. The van der Waals surface area contributed by atoms with Gasteiger partial charge in [-0.1, -0.05) is 0 Å². The van der Waals surface area contributed by atoms with Gasteiger partial charge in [-0.2, -0.15) is 0 Å². The van der Waals surface area contributed by atoms with Crippen LogP contribution in [0.1, 0.15) is 34.6 Å². The van der Waals surface area contributed by atoms with Gasteiger partial charge in [0, 0.05) is 18.0 Å². The van der Waals surface area contributed by atoms with Crippen LogP contribution in [-0.2, 0) is 9.63 Å². The fourth-order valence-corrected chi connectivity index (χ4v) is 2.11. The van der Waals surface area contributed by atoms with E-state index < -0.39 is 11.1 Å². The van der Waals surface area contributed by atoms with E-state index in [1.54, 1.807) is 5.06 Å². The molecule has 1 saturated heterocycles. The van der Waals surface area contributed by atoms with Gasteiger partial charge in [0.25, 0.3) is 0 Å². The van der Waals surface area contributed by atoms with Crippen LogP contribution in [0.4, 0.5) is 0 Å². The fourth-order valence-electron chi connectivity index (χ4n) is 2.11. The van der Waals surface area contributed by atoms with E-state index in [1.165, 1.54) is 6.92 Å². The van der Waals surface area contributed by atoms with Crippen LogP contribution in [0.5, 0.6) is 0 Å². The maximum atomic E-state index is 11.9. The maximum Gasteiger partial charge on any atom is 0.322 e. The van der Waals surface area contributed by atoms with E-state index in [0.717, 1.165) is 5.06 Å². The molecule has 0 aliphatic carbocycles.